The topological polar surface area (TPSA) is 77.8 Å². The van der Waals surface area contributed by atoms with Crippen molar-refractivity contribution in [1.82, 2.24) is 20.1 Å². The lowest BCUT2D eigenvalue weighted by molar-refractivity contribution is -0.0371. The molecule has 1 aliphatic rings. The molecule has 6 nitrogen and oxygen atoms in total. The Balaban J connectivity index is 1.71. The summed E-state index contributed by atoms with van der Waals surface area (Å²) in [5.74, 6) is 1.58. The van der Waals surface area contributed by atoms with Gasteiger partial charge in [-0.15, -0.1) is 0 Å². The SMILES string of the molecule is CC(C)(C)c1n[nH]c([C@H]2CN(Cc3ccccc3C#N)CCO2)n1. The molecule has 24 heavy (non-hydrogen) atoms. The second kappa shape index (κ2) is 6.71. The number of nitriles is 1. The molecule has 2 aromatic rings. The maximum Gasteiger partial charge on any atom is 0.156 e. The molecule has 0 saturated carbocycles. The first-order valence-electron chi connectivity index (χ1n) is 8.22. The van der Waals surface area contributed by atoms with Crippen molar-refractivity contribution < 1.29 is 4.74 Å². The molecule has 1 aliphatic heterocycles. The fourth-order valence-electron chi connectivity index (χ4n) is 2.77. The van der Waals surface area contributed by atoms with E-state index >= 15 is 0 Å². The predicted molar refractivity (Wildman–Crippen MR) is 90.2 cm³/mol. The number of hydrogen-bond donors (Lipinski definition) is 1. The molecule has 0 amide bonds. The van der Waals surface area contributed by atoms with Crippen LogP contribution in [-0.2, 0) is 16.7 Å². The number of aromatic amines is 1. The summed E-state index contributed by atoms with van der Waals surface area (Å²) < 4.78 is 5.87. The summed E-state index contributed by atoms with van der Waals surface area (Å²) in [4.78, 5) is 6.90. The van der Waals surface area contributed by atoms with Gasteiger partial charge in [0.15, 0.2) is 11.6 Å². The van der Waals surface area contributed by atoms with E-state index in [4.69, 9.17) is 4.74 Å². The maximum absolute atomic E-state index is 9.24. The number of H-pyrrole nitrogens is 1. The van der Waals surface area contributed by atoms with Crippen LogP contribution in [0.5, 0.6) is 0 Å². The summed E-state index contributed by atoms with van der Waals surface area (Å²) in [7, 11) is 0. The maximum atomic E-state index is 9.24. The Morgan fingerprint density at radius 2 is 2.17 bits per heavy atom. The fourth-order valence-corrected chi connectivity index (χ4v) is 2.77. The van der Waals surface area contributed by atoms with Gasteiger partial charge in [0.1, 0.15) is 6.10 Å². The Hall–Kier alpha value is -2.23. The lowest BCUT2D eigenvalue weighted by Gasteiger charge is -2.32. The Bertz CT molecular complexity index is 740. The quantitative estimate of drug-likeness (QED) is 0.938. The molecule has 0 bridgehead atoms. The van der Waals surface area contributed by atoms with Crippen molar-refractivity contribution in [2.75, 3.05) is 19.7 Å². The van der Waals surface area contributed by atoms with Crippen LogP contribution in [0.15, 0.2) is 24.3 Å². The summed E-state index contributed by atoms with van der Waals surface area (Å²) in [6.07, 6.45) is -0.114. The third-order valence-corrected chi connectivity index (χ3v) is 4.16. The van der Waals surface area contributed by atoms with Gasteiger partial charge in [-0.2, -0.15) is 10.4 Å². The zero-order valence-electron chi connectivity index (χ0n) is 14.4. The number of nitrogens with one attached hydrogen (secondary N) is 1. The van der Waals surface area contributed by atoms with Crippen LogP contribution in [0.1, 0.15) is 49.7 Å². The highest BCUT2D eigenvalue weighted by Crippen LogP contribution is 2.24. The monoisotopic (exact) mass is 325 g/mol. The molecule has 1 saturated heterocycles. The van der Waals surface area contributed by atoms with Crippen molar-refractivity contribution in [2.45, 2.75) is 38.8 Å². The molecule has 2 heterocycles. The smallest absolute Gasteiger partial charge is 0.156 e. The largest absolute Gasteiger partial charge is 0.368 e. The van der Waals surface area contributed by atoms with E-state index in [1.165, 1.54) is 0 Å². The van der Waals surface area contributed by atoms with Crippen LogP contribution in [0.25, 0.3) is 0 Å². The number of nitrogens with zero attached hydrogens (tertiary/aromatic N) is 4. The van der Waals surface area contributed by atoms with Crippen molar-refractivity contribution in [1.29, 1.82) is 5.26 Å². The number of benzene rings is 1. The second-order valence-corrected chi connectivity index (χ2v) is 7.16. The number of ether oxygens (including phenoxy) is 1. The lowest BCUT2D eigenvalue weighted by atomic mass is 9.96. The molecule has 6 heteroatoms. The van der Waals surface area contributed by atoms with Crippen LogP contribution >= 0.6 is 0 Å². The number of aromatic nitrogens is 3. The molecular formula is C18H23N5O. The molecule has 126 valence electrons. The van der Waals surface area contributed by atoms with Crippen LogP contribution < -0.4 is 0 Å². The normalized spacial score (nSPS) is 19.2. The van der Waals surface area contributed by atoms with Crippen LogP contribution in [0.3, 0.4) is 0 Å². The molecule has 1 N–H and O–H groups in total. The zero-order valence-corrected chi connectivity index (χ0v) is 14.4. The molecule has 1 fully saturated rings. The highest BCUT2D eigenvalue weighted by Gasteiger charge is 2.27. The second-order valence-electron chi connectivity index (χ2n) is 7.16. The number of hydrogen-bond acceptors (Lipinski definition) is 5. The van der Waals surface area contributed by atoms with Gasteiger partial charge in [0.25, 0.3) is 0 Å². The van der Waals surface area contributed by atoms with Gasteiger partial charge in [0.05, 0.1) is 18.2 Å². The first-order valence-corrected chi connectivity index (χ1v) is 8.22. The average Bonchev–Trinajstić information content (AvgIpc) is 3.06. The van der Waals surface area contributed by atoms with E-state index in [2.05, 4.69) is 46.9 Å². The minimum absolute atomic E-state index is 0.0885. The summed E-state index contributed by atoms with van der Waals surface area (Å²) in [6.45, 7) is 9.23. The van der Waals surface area contributed by atoms with Gasteiger partial charge in [-0.1, -0.05) is 39.0 Å². The van der Waals surface area contributed by atoms with Crippen molar-refractivity contribution in [2.24, 2.45) is 0 Å². The van der Waals surface area contributed by atoms with Crippen LogP contribution in [0, 0.1) is 11.3 Å². The van der Waals surface area contributed by atoms with Crippen molar-refractivity contribution >= 4 is 0 Å². The van der Waals surface area contributed by atoms with Gasteiger partial charge < -0.3 is 4.74 Å². The van der Waals surface area contributed by atoms with E-state index in [1.54, 1.807) is 0 Å². The van der Waals surface area contributed by atoms with E-state index in [1.807, 2.05) is 24.3 Å². The van der Waals surface area contributed by atoms with Gasteiger partial charge in [0, 0.05) is 25.0 Å². The van der Waals surface area contributed by atoms with Gasteiger partial charge in [-0.3, -0.25) is 10.00 Å². The van der Waals surface area contributed by atoms with Crippen molar-refractivity contribution in [3.8, 4) is 6.07 Å². The standard InChI is InChI=1S/C18H23N5O/c1-18(2,3)17-20-16(21-22-17)15-12-23(8-9-24-15)11-14-7-5-4-6-13(14)10-19/h4-7,15H,8-9,11-12H2,1-3H3,(H,20,21,22)/t15-/m1/s1. The zero-order chi connectivity index (χ0) is 17.2. The molecule has 0 unspecified atom stereocenters. The third-order valence-electron chi connectivity index (χ3n) is 4.16. The number of morpholine rings is 1. The highest BCUT2D eigenvalue weighted by molar-refractivity contribution is 5.37. The van der Waals surface area contributed by atoms with E-state index < -0.39 is 0 Å². The highest BCUT2D eigenvalue weighted by atomic mass is 16.5. The number of rotatable bonds is 3. The van der Waals surface area contributed by atoms with Gasteiger partial charge in [-0.05, 0) is 11.6 Å². The molecule has 0 aliphatic carbocycles. The molecule has 0 spiro atoms. The first kappa shape index (κ1) is 16.6. The van der Waals surface area contributed by atoms with E-state index in [0.717, 1.165) is 42.4 Å². The van der Waals surface area contributed by atoms with Gasteiger partial charge in [0.2, 0.25) is 0 Å². The van der Waals surface area contributed by atoms with E-state index in [0.29, 0.717) is 6.61 Å². The van der Waals surface area contributed by atoms with E-state index in [-0.39, 0.29) is 11.5 Å². The Morgan fingerprint density at radius 1 is 1.38 bits per heavy atom. The minimum atomic E-state index is -0.114. The molecule has 1 aromatic carbocycles. The van der Waals surface area contributed by atoms with Crippen molar-refractivity contribution in [3.63, 3.8) is 0 Å². The predicted octanol–water partition coefficient (Wildman–Crippen LogP) is 2.55. The lowest BCUT2D eigenvalue weighted by Crippen LogP contribution is -2.38. The van der Waals surface area contributed by atoms with Gasteiger partial charge in [-0.25, -0.2) is 4.98 Å². The minimum Gasteiger partial charge on any atom is -0.368 e. The third kappa shape index (κ3) is 3.64. The molecule has 1 aromatic heterocycles. The average molecular weight is 325 g/mol. The molecule has 0 radical (unpaired) electrons. The van der Waals surface area contributed by atoms with Crippen LogP contribution in [0.4, 0.5) is 0 Å². The Labute approximate surface area is 142 Å². The summed E-state index contributed by atoms with van der Waals surface area (Å²) in [5, 5.41) is 16.6. The van der Waals surface area contributed by atoms with Crippen molar-refractivity contribution in [3.05, 3.63) is 47.0 Å². The summed E-state index contributed by atoms with van der Waals surface area (Å²) in [5.41, 5.74) is 1.69. The van der Waals surface area contributed by atoms with Crippen LogP contribution in [-0.4, -0.2) is 39.8 Å². The Morgan fingerprint density at radius 3 is 2.88 bits per heavy atom. The molecular weight excluding hydrogens is 302 g/mol. The molecule has 3 rings (SSSR count). The van der Waals surface area contributed by atoms with Crippen LogP contribution in [0.2, 0.25) is 0 Å². The summed E-state index contributed by atoms with van der Waals surface area (Å²) in [6, 6.07) is 10.00. The fraction of sp³-hybridized carbons (Fsp3) is 0.500. The first-order chi connectivity index (χ1) is 11.5. The van der Waals surface area contributed by atoms with Gasteiger partial charge >= 0.3 is 0 Å². The Kier molecular flexibility index (Phi) is 4.65. The van der Waals surface area contributed by atoms with E-state index in [9.17, 15) is 5.26 Å². The molecule has 1 atom stereocenters. The summed E-state index contributed by atoms with van der Waals surface area (Å²) >= 11 is 0.